The van der Waals surface area contributed by atoms with Crippen LogP contribution in [0.5, 0.6) is 11.5 Å². The summed E-state index contributed by atoms with van der Waals surface area (Å²) < 4.78 is 15.7. The fourth-order valence-corrected chi connectivity index (χ4v) is 4.67. The fraction of sp³-hybridized carbons (Fsp3) is 0.296. The summed E-state index contributed by atoms with van der Waals surface area (Å²) in [5.74, 6) is -2.14. The summed E-state index contributed by atoms with van der Waals surface area (Å²) in [6.45, 7) is 3.51. The number of nitrogens with one attached hydrogen (secondary N) is 1. The van der Waals surface area contributed by atoms with E-state index in [0.29, 0.717) is 12.5 Å². The van der Waals surface area contributed by atoms with Crippen LogP contribution in [-0.4, -0.2) is 52.5 Å². The number of hydrogen-bond acceptors (Lipinski definition) is 9. The van der Waals surface area contributed by atoms with Gasteiger partial charge in [-0.1, -0.05) is 47.1 Å². The van der Waals surface area contributed by atoms with E-state index in [2.05, 4.69) is 44.6 Å². The van der Waals surface area contributed by atoms with Crippen molar-refractivity contribution in [3.63, 3.8) is 0 Å². The molecule has 3 aromatic rings. The van der Waals surface area contributed by atoms with Gasteiger partial charge in [-0.15, -0.1) is 0 Å². The van der Waals surface area contributed by atoms with E-state index in [0.717, 1.165) is 51.0 Å². The van der Waals surface area contributed by atoms with Crippen molar-refractivity contribution in [2.45, 2.75) is 25.8 Å². The molecule has 1 amide bonds. The van der Waals surface area contributed by atoms with E-state index in [1.807, 2.05) is 6.07 Å². The third kappa shape index (κ3) is 6.09. The Morgan fingerprint density at radius 1 is 1.00 bits per heavy atom. The molecule has 2 aliphatic heterocycles. The number of carbonyl (C=O) groups excluding carboxylic acids is 3. The van der Waals surface area contributed by atoms with Gasteiger partial charge in [0.25, 0.3) is 17.6 Å². The van der Waals surface area contributed by atoms with Gasteiger partial charge in [-0.2, -0.15) is 4.98 Å². The second-order valence-corrected chi connectivity index (χ2v) is 9.51. The van der Waals surface area contributed by atoms with Crippen LogP contribution in [0.1, 0.15) is 35.4 Å². The minimum atomic E-state index is -0.810. The molecular formula is C27H25ClN4O6. The molecule has 11 heteroatoms. The van der Waals surface area contributed by atoms with Crippen LogP contribution in [0.3, 0.4) is 0 Å². The lowest BCUT2D eigenvalue weighted by atomic mass is 9.93. The van der Waals surface area contributed by atoms with Crippen molar-refractivity contribution in [1.82, 2.24) is 20.4 Å². The third-order valence-corrected chi connectivity index (χ3v) is 6.78. The van der Waals surface area contributed by atoms with Crippen LogP contribution in [-0.2, 0) is 16.1 Å². The van der Waals surface area contributed by atoms with Crippen molar-refractivity contribution in [3.8, 4) is 23.0 Å². The number of aromatic nitrogens is 2. The Balaban J connectivity index is 1.16. The first-order valence-corrected chi connectivity index (χ1v) is 12.7. The molecule has 0 radical (unpaired) electrons. The smallest absolute Gasteiger partial charge is 0.336 e. The summed E-state index contributed by atoms with van der Waals surface area (Å²) in [4.78, 5) is 43.1. The number of nitrogens with zero attached hydrogens (tertiary/aromatic N) is 3. The van der Waals surface area contributed by atoms with E-state index in [-0.39, 0.29) is 33.8 Å². The largest absolute Gasteiger partial charge is 0.418 e. The lowest BCUT2D eigenvalue weighted by Gasteiger charge is -2.32. The summed E-state index contributed by atoms with van der Waals surface area (Å²) in [5.41, 5.74) is 1.47. The number of amides is 1. The number of ether oxygens (including phenoxy) is 2. The first kappa shape index (κ1) is 25.6. The first-order chi connectivity index (χ1) is 18.5. The van der Waals surface area contributed by atoms with Gasteiger partial charge in [0.05, 0.1) is 10.6 Å². The zero-order valence-electron chi connectivity index (χ0n) is 20.4. The van der Waals surface area contributed by atoms with Gasteiger partial charge in [0, 0.05) is 25.2 Å². The van der Waals surface area contributed by atoms with Gasteiger partial charge in [-0.25, -0.2) is 9.59 Å². The van der Waals surface area contributed by atoms with Crippen LogP contribution < -0.4 is 14.8 Å². The number of rotatable bonds is 7. The maximum Gasteiger partial charge on any atom is 0.336 e. The summed E-state index contributed by atoms with van der Waals surface area (Å²) in [7, 11) is 0. The predicted octanol–water partition coefficient (Wildman–Crippen LogP) is 3.80. The van der Waals surface area contributed by atoms with E-state index in [9.17, 15) is 14.4 Å². The van der Waals surface area contributed by atoms with E-state index < -0.39 is 17.8 Å². The highest BCUT2D eigenvalue weighted by molar-refractivity contribution is 6.32. The molecule has 1 fully saturated rings. The molecule has 3 heterocycles. The molecule has 196 valence electrons. The predicted molar refractivity (Wildman–Crippen MR) is 137 cm³/mol. The van der Waals surface area contributed by atoms with Gasteiger partial charge in [0.15, 0.2) is 11.5 Å². The molecule has 0 spiro atoms. The van der Waals surface area contributed by atoms with Crippen molar-refractivity contribution in [1.29, 1.82) is 0 Å². The highest BCUT2D eigenvalue weighted by atomic mass is 35.5. The molecule has 1 aromatic heterocycles. The third-order valence-electron chi connectivity index (χ3n) is 6.48. The van der Waals surface area contributed by atoms with Crippen LogP contribution in [0, 0.1) is 5.92 Å². The molecule has 38 heavy (non-hydrogen) atoms. The van der Waals surface area contributed by atoms with Crippen LogP contribution in [0.2, 0.25) is 5.02 Å². The van der Waals surface area contributed by atoms with E-state index in [1.54, 1.807) is 0 Å². The van der Waals surface area contributed by atoms with Crippen LogP contribution in [0.15, 0.2) is 59.1 Å². The average molecular weight is 537 g/mol. The van der Waals surface area contributed by atoms with E-state index >= 15 is 0 Å². The lowest BCUT2D eigenvalue weighted by molar-refractivity contribution is -0.133. The summed E-state index contributed by atoms with van der Waals surface area (Å²) >= 11 is 6.14. The van der Waals surface area contributed by atoms with E-state index in [4.69, 9.17) is 25.6 Å². The molecule has 10 nitrogen and oxygen atoms in total. The Labute approximate surface area is 223 Å². The highest BCUT2D eigenvalue weighted by Crippen LogP contribution is 2.43. The van der Waals surface area contributed by atoms with Crippen molar-refractivity contribution in [2.75, 3.05) is 19.6 Å². The number of likely N-dealkylation sites (tertiary alicyclic amines) is 1. The maximum absolute atomic E-state index is 12.6. The number of halogens is 1. The van der Waals surface area contributed by atoms with Gasteiger partial charge in [0.2, 0.25) is 0 Å². The average Bonchev–Trinajstić information content (AvgIpc) is 3.41. The first-order valence-electron chi connectivity index (χ1n) is 12.3. The summed E-state index contributed by atoms with van der Waals surface area (Å²) in [6, 6.07) is 13.3. The Morgan fingerprint density at radius 2 is 1.71 bits per heavy atom. The molecule has 1 N–H and O–H groups in total. The number of esters is 2. The van der Waals surface area contributed by atoms with Crippen LogP contribution in [0.4, 0.5) is 0 Å². The fourth-order valence-electron chi connectivity index (χ4n) is 4.48. The minimum Gasteiger partial charge on any atom is -0.418 e. The van der Waals surface area contributed by atoms with Crippen LogP contribution in [0.25, 0.3) is 11.5 Å². The van der Waals surface area contributed by atoms with Crippen molar-refractivity contribution in [2.24, 2.45) is 5.92 Å². The number of benzene rings is 2. The molecule has 5 rings (SSSR count). The number of fused-ring (bicyclic) bond motifs is 1. The van der Waals surface area contributed by atoms with Crippen LogP contribution >= 0.6 is 11.6 Å². The standard InChI is InChI=1S/C27H25ClN4O6/c28-20-7-6-19(23-24(20)37-22(34)9-8-21(33)36-23)27-30-25(31-38-27)26(35)29-13-10-17-11-14-32(15-12-17)16-18-4-2-1-3-5-18/h1-9,17H,10-16H2,(H,29,35)/b9-8+. The number of piperidine rings is 1. The Hall–Kier alpha value is -4.02. The summed E-state index contributed by atoms with van der Waals surface area (Å²) in [5, 5.41) is 6.64. The second kappa shape index (κ2) is 11.6. The van der Waals surface area contributed by atoms with Crippen molar-refractivity contribution in [3.05, 3.63) is 71.0 Å². The molecule has 1 saturated heterocycles. The maximum atomic E-state index is 12.6. The normalized spacial score (nSPS) is 17.1. The van der Waals surface area contributed by atoms with Crippen molar-refractivity contribution >= 4 is 29.4 Å². The topological polar surface area (TPSA) is 124 Å². The molecule has 2 aliphatic rings. The minimum absolute atomic E-state index is 0.0450. The molecule has 2 aromatic carbocycles. The monoisotopic (exact) mass is 536 g/mol. The lowest BCUT2D eigenvalue weighted by Crippen LogP contribution is -2.35. The molecule has 0 saturated carbocycles. The Kier molecular flexibility index (Phi) is 7.81. The highest BCUT2D eigenvalue weighted by Gasteiger charge is 2.27. The second-order valence-electron chi connectivity index (χ2n) is 9.10. The summed E-state index contributed by atoms with van der Waals surface area (Å²) in [6.07, 6.45) is 4.87. The number of hydrogen-bond donors (Lipinski definition) is 1. The Morgan fingerprint density at radius 3 is 2.45 bits per heavy atom. The van der Waals surface area contributed by atoms with Gasteiger partial charge in [-0.3, -0.25) is 9.69 Å². The number of carbonyl (C=O) groups is 3. The molecule has 0 aliphatic carbocycles. The van der Waals surface area contributed by atoms with Gasteiger partial charge >= 0.3 is 11.9 Å². The Bertz CT molecular complexity index is 1370. The molecule has 0 unspecified atom stereocenters. The van der Waals surface area contributed by atoms with Gasteiger partial charge in [0.1, 0.15) is 0 Å². The molecular weight excluding hydrogens is 512 g/mol. The zero-order valence-corrected chi connectivity index (χ0v) is 21.1. The van der Waals surface area contributed by atoms with Gasteiger partial charge in [-0.05, 0) is 56.0 Å². The van der Waals surface area contributed by atoms with Gasteiger partial charge < -0.3 is 19.3 Å². The van der Waals surface area contributed by atoms with Crippen molar-refractivity contribution < 1.29 is 28.4 Å². The quantitative estimate of drug-likeness (QED) is 0.354. The molecule has 0 bridgehead atoms. The molecule has 0 atom stereocenters. The van der Waals surface area contributed by atoms with E-state index in [1.165, 1.54) is 17.7 Å². The zero-order chi connectivity index (χ0) is 26.5. The SMILES string of the molecule is O=C1/C=C/C(=O)Oc2c(-c3nc(C(=O)NCCC4CCN(Cc5ccccc5)CC4)no3)ccc(Cl)c2O1.